The number of hydrogen-bond acceptors (Lipinski definition) is 4. The minimum absolute atomic E-state index is 0.116. The van der Waals surface area contributed by atoms with Gasteiger partial charge in [0.25, 0.3) is 5.56 Å². The molecule has 0 spiro atoms. The van der Waals surface area contributed by atoms with Gasteiger partial charge in [0.1, 0.15) is 18.2 Å². The number of carbonyl (C=O) groups excluding carboxylic acids is 1. The highest BCUT2D eigenvalue weighted by Crippen LogP contribution is 2.38. The van der Waals surface area contributed by atoms with E-state index >= 15 is 0 Å². The van der Waals surface area contributed by atoms with Crippen LogP contribution in [0.2, 0.25) is 0 Å². The normalized spacial score (nSPS) is 20.3. The topological polar surface area (TPSA) is 104 Å². The Morgan fingerprint density at radius 1 is 1.31 bits per heavy atom. The summed E-state index contributed by atoms with van der Waals surface area (Å²) in [6.07, 6.45) is 1.41. The van der Waals surface area contributed by atoms with Crippen molar-refractivity contribution in [3.63, 3.8) is 0 Å². The molecule has 1 aliphatic rings. The molecule has 7 nitrogen and oxygen atoms in total. The molecule has 0 radical (unpaired) electrons. The molecule has 3 rings (SSSR count). The lowest BCUT2D eigenvalue weighted by atomic mass is 9.75. The molecule has 1 heterocycles. The van der Waals surface area contributed by atoms with Crippen molar-refractivity contribution >= 4 is 5.91 Å². The number of carbonyl (C=O) groups is 1. The van der Waals surface area contributed by atoms with Gasteiger partial charge in [-0.25, -0.2) is 13.6 Å². The first-order valence-electron chi connectivity index (χ1n) is 8.05. The van der Waals surface area contributed by atoms with Crippen LogP contribution in [0, 0.1) is 17.6 Å². The van der Waals surface area contributed by atoms with Gasteiger partial charge >= 0.3 is 5.69 Å². The molecular weight excluding hydrogens is 348 g/mol. The maximum atomic E-state index is 14.2. The molecule has 1 aromatic carbocycles. The summed E-state index contributed by atoms with van der Waals surface area (Å²) in [4.78, 5) is 37.1. The van der Waals surface area contributed by atoms with Crippen molar-refractivity contribution in [2.24, 2.45) is 5.92 Å². The molecule has 1 amide bonds. The van der Waals surface area contributed by atoms with E-state index in [1.54, 1.807) is 0 Å². The third kappa shape index (κ3) is 3.88. The van der Waals surface area contributed by atoms with Crippen LogP contribution < -0.4 is 16.6 Å². The quantitative estimate of drug-likeness (QED) is 0.715. The number of H-pyrrole nitrogens is 1. The smallest absolute Gasteiger partial charge is 0.328 e. The van der Waals surface area contributed by atoms with E-state index in [9.17, 15) is 28.3 Å². The Hall–Kier alpha value is -2.81. The van der Waals surface area contributed by atoms with E-state index in [1.165, 1.54) is 12.3 Å². The lowest BCUT2D eigenvalue weighted by Crippen LogP contribution is -2.43. The first-order chi connectivity index (χ1) is 12.3. The molecule has 1 fully saturated rings. The summed E-state index contributed by atoms with van der Waals surface area (Å²) < 4.78 is 28.3. The van der Waals surface area contributed by atoms with Gasteiger partial charge in [-0.2, -0.15) is 0 Å². The van der Waals surface area contributed by atoms with Crippen molar-refractivity contribution in [3.8, 4) is 0 Å². The van der Waals surface area contributed by atoms with Crippen molar-refractivity contribution in [2.75, 3.05) is 0 Å². The molecular formula is C17H17F2N3O4. The minimum atomic E-state index is -0.794. The van der Waals surface area contributed by atoms with Gasteiger partial charge in [0.05, 0.1) is 12.1 Å². The largest absolute Gasteiger partial charge is 0.393 e. The molecule has 1 unspecified atom stereocenters. The van der Waals surface area contributed by atoms with Crippen LogP contribution in [-0.4, -0.2) is 26.7 Å². The molecule has 2 aromatic rings. The van der Waals surface area contributed by atoms with Gasteiger partial charge in [0.15, 0.2) is 0 Å². The Bertz CT molecular complexity index is 934. The molecule has 3 N–H and O–H groups in total. The molecule has 1 aliphatic carbocycles. The maximum absolute atomic E-state index is 14.2. The second kappa shape index (κ2) is 7.20. The molecule has 9 heteroatoms. The number of amides is 1. The van der Waals surface area contributed by atoms with E-state index in [0.717, 1.165) is 22.8 Å². The highest BCUT2D eigenvalue weighted by Gasteiger charge is 2.36. The van der Waals surface area contributed by atoms with Gasteiger partial charge in [0, 0.05) is 23.9 Å². The van der Waals surface area contributed by atoms with E-state index in [-0.39, 0.29) is 18.0 Å². The number of rotatable bonds is 5. The predicted molar refractivity (Wildman–Crippen MR) is 87.3 cm³/mol. The number of halogens is 2. The van der Waals surface area contributed by atoms with E-state index in [1.807, 2.05) is 4.98 Å². The van der Waals surface area contributed by atoms with Crippen molar-refractivity contribution < 1.29 is 18.7 Å². The average molecular weight is 365 g/mol. The third-order valence-electron chi connectivity index (χ3n) is 4.45. The summed E-state index contributed by atoms with van der Waals surface area (Å²) in [5.74, 6) is -2.31. The summed E-state index contributed by atoms with van der Waals surface area (Å²) in [5, 5.41) is 12.2. The number of aliphatic hydroxyl groups excluding tert-OH is 1. The number of nitrogens with one attached hydrogen (secondary N) is 2. The minimum Gasteiger partial charge on any atom is -0.393 e. The lowest BCUT2D eigenvalue weighted by molar-refractivity contribution is -0.123. The van der Waals surface area contributed by atoms with E-state index in [2.05, 4.69) is 5.32 Å². The van der Waals surface area contributed by atoms with Crippen LogP contribution in [0.4, 0.5) is 8.78 Å². The van der Waals surface area contributed by atoms with Crippen LogP contribution in [0.5, 0.6) is 0 Å². The monoisotopic (exact) mass is 365 g/mol. The molecule has 1 aromatic heterocycles. The molecule has 1 saturated carbocycles. The molecule has 26 heavy (non-hydrogen) atoms. The zero-order valence-corrected chi connectivity index (χ0v) is 13.6. The zero-order chi connectivity index (χ0) is 18.8. The molecule has 0 saturated heterocycles. The first kappa shape index (κ1) is 18.0. The number of benzene rings is 1. The van der Waals surface area contributed by atoms with Gasteiger partial charge in [0.2, 0.25) is 5.91 Å². The average Bonchev–Trinajstić information content (AvgIpc) is 2.53. The van der Waals surface area contributed by atoms with Gasteiger partial charge in [-0.05, 0) is 24.8 Å². The second-order valence-corrected chi connectivity index (χ2v) is 6.33. The van der Waals surface area contributed by atoms with Crippen molar-refractivity contribution in [1.82, 2.24) is 14.9 Å². The summed E-state index contributed by atoms with van der Waals surface area (Å²) in [6, 6.07) is 3.43. The predicted octanol–water partition coefficient (Wildman–Crippen LogP) is 0.443. The van der Waals surface area contributed by atoms with E-state index < -0.39 is 40.9 Å². The Kier molecular flexibility index (Phi) is 4.99. The van der Waals surface area contributed by atoms with E-state index in [4.69, 9.17) is 0 Å². The van der Waals surface area contributed by atoms with Gasteiger partial charge < -0.3 is 10.4 Å². The molecule has 0 aliphatic heterocycles. The fourth-order valence-corrected chi connectivity index (χ4v) is 3.05. The molecule has 1 atom stereocenters. The van der Waals surface area contributed by atoms with Crippen LogP contribution in [0.3, 0.4) is 0 Å². The highest BCUT2D eigenvalue weighted by molar-refractivity contribution is 5.76. The van der Waals surface area contributed by atoms with Crippen molar-refractivity contribution in [2.45, 2.75) is 31.5 Å². The fourth-order valence-electron chi connectivity index (χ4n) is 3.05. The van der Waals surface area contributed by atoms with Crippen LogP contribution in [0.1, 0.15) is 24.4 Å². The van der Waals surface area contributed by atoms with Crippen molar-refractivity contribution in [3.05, 3.63) is 68.5 Å². The summed E-state index contributed by atoms with van der Waals surface area (Å²) in [5.41, 5.74) is -1.21. The van der Waals surface area contributed by atoms with Gasteiger partial charge in [-0.3, -0.25) is 19.1 Å². The highest BCUT2D eigenvalue weighted by atomic mass is 19.1. The fraction of sp³-hybridized carbons (Fsp3) is 0.353. The van der Waals surface area contributed by atoms with E-state index in [0.29, 0.717) is 12.8 Å². The van der Waals surface area contributed by atoms with Crippen LogP contribution in [-0.2, 0) is 11.3 Å². The Balaban J connectivity index is 1.80. The van der Waals surface area contributed by atoms with Crippen LogP contribution in [0.15, 0.2) is 40.1 Å². The number of nitrogens with zero attached hydrogens (tertiary/aromatic N) is 1. The van der Waals surface area contributed by atoms with Crippen LogP contribution >= 0.6 is 0 Å². The Labute approximate surface area is 146 Å². The lowest BCUT2D eigenvalue weighted by Gasteiger charge is -2.38. The van der Waals surface area contributed by atoms with Crippen LogP contribution in [0.25, 0.3) is 0 Å². The summed E-state index contributed by atoms with van der Waals surface area (Å²) in [6.45, 7) is -0.371. The SMILES string of the molecule is O=C(Cn1ccc(=O)[nH]c1=O)NC(c1ccc(F)cc1F)C1CC(O)C1. The standard InChI is InChI=1S/C17H17F2N3O4/c18-10-1-2-12(13(19)7-10)16(9-5-11(23)6-9)20-15(25)8-22-4-3-14(24)21-17(22)26/h1-4,7,9,11,16,23H,5-6,8H2,(H,20,25)(H,21,24,26). The number of hydrogen-bond donors (Lipinski definition) is 3. The molecule has 0 bridgehead atoms. The Morgan fingerprint density at radius 2 is 2.04 bits per heavy atom. The number of aromatic amines is 1. The Morgan fingerprint density at radius 3 is 2.65 bits per heavy atom. The first-order valence-corrected chi connectivity index (χ1v) is 8.05. The van der Waals surface area contributed by atoms with Gasteiger partial charge in [-0.15, -0.1) is 0 Å². The van der Waals surface area contributed by atoms with Gasteiger partial charge in [-0.1, -0.05) is 6.07 Å². The number of aromatic nitrogens is 2. The zero-order valence-electron chi connectivity index (χ0n) is 13.6. The second-order valence-electron chi connectivity index (χ2n) is 6.33. The molecule has 138 valence electrons. The summed E-state index contributed by atoms with van der Waals surface area (Å²) in [7, 11) is 0. The third-order valence-corrected chi connectivity index (χ3v) is 4.45. The van der Waals surface area contributed by atoms with Crippen molar-refractivity contribution in [1.29, 1.82) is 0 Å². The number of aliphatic hydroxyl groups is 1. The summed E-state index contributed by atoms with van der Waals surface area (Å²) >= 11 is 0. The maximum Gasteiger partial charge on any atom is 0.328 e.